The zero-order chi connectivity index (χ0) is 24.3. The molecule has 3 rings (SSSR count). The SMILES string of the molecule is C=CCOC(=O)c1c(C)nc(C)nc1C(=O)N1CCN(S(=O)(=O)c2ccc(F)cc2)C(C)C1. The van der Waals surface area contributed by atoms with E-state index in [2.05, 4.69) is 16.5 Å². The van der Waals surface area contributed by atoms with Crippen molar-refractivity contribution in [1.82, 2.24) is 19.2 Å². The first-order valence-electron chi connectivity index (χ1n) is 10.3. The van der Waals surface area contributed by atoms with E-state index in [1.165, 1.54) is 27.4 Å². The predicted molar refractivity (Wildman–Crippen MR) is 118 cm³/mol. The molecule has 0 radical (unpaired) electrons. The molecule has 1 aliphatic rings. The molecular formula is C22H25FN4O5S. The van der Waals surface area contributed by atoms with Gasteiger partial charge in [0.05, 0.1) is 10.6 Å². The van der Waals surface area contributed by atoms with Crippen LogP contribution in [0.1, 0.15) is 39.3 Å². The smallest absolute Gasteiger partial charge is 0.342 e. The Balaban J connectivity index is 1.85. The number of sulfonamides is 1. The number of carbonyl (C=O) groups excluding carboxylic acids is 2. The van der Waals surface area contributed by atoms with E-state index in [0.717, 1.165) is 12.1 Å². The molecule has 1 fully saturated rings. The molecule has 9 nitrogen and oxygen atoms in total. The van der Waals surface area contributed by atoms with Crippen molar-refractivity contribution in [1.29, 1.82) is 0 Å². The maximum atomic E-state index is 13.3. The van der Waals surface area contributed by atoms with Crippen molar-refractivity contribution in [3.63, 3.8) is 0 Å². The van der Waals surface area contributed by atoms with E-state index >= 15 is 0 Å². The second-order valence-electron chi connectivity index (χ2n) is 7.64. The number of nitrogens with zero attached hydrogens (tertiary/aromatic N) is 4. The maximum absolute atomic E-state index is 13.3. The third kappa shape index (κ3) is 5.09. The monoisotopic (exact) mass is 476 g/mol. The van der Waals surface area contributed by atoms with Crippen LogP contribution in [-0.2, 0) is 14.8 Å². The van der Waals surface area contributed by atoms with Gasteiger partial charge in [0.1, 0.15) is 29.5 Å². The molecule has 1 aromatic heterocycles. The summed E-state index contributed by atoms with van der Waals surface area (Å²) < 4.78 is 45.6. The van der Waals surface area contributed by atoms with Gasteiger partial charge in [0.15, 0.2) is 0 Å². The van der Waals surface area contributed by atoms with Crippen molar-refractivity contribution in [3.05, 3.63) is 65.5 Å². The molecule has 1 saturated heterocycles. The van der Waals surface area contributed by atoms with Crippen LogP contribution in [0.4, 0.5) is 4.39 Å². The molecule has 11 heteroatoms. The summed E-state index contributed by atoms with van der Waals surface area (Å²) in [5.41, 5.74) is 0.197. The number of aromatic nitrogens is 2. The number of halogens is 1. The molecule has 176 valence electrons. The van der Waals surface area contributed by atoms with E-state index in [1.54, 1.807) is 20.8 Å². The van der Waals surface area contributed by atoms with E-state index in [-0.39, 0.29) is 42.4 Å². The number of esters is 1. The Morgan fingerprint density at radius 2 is 1.88 bits per heavy atom. The maximum Gasteiger partial charge on any atom is 0.342 e. The second kappa shape index (κ2) is 9.75. The number of ether oxygens (including phenoxy) is 1. The fraction of sp³-hybridized carbons (Fsp3) is 0.364. The number of carbonyl (C=O) groups is 2. The molecule has 0 spiro atoms. The molecule has 1 atom stereocenters. The summed E-state index contributed by atoms with van der Waals surface area (Å²) in [6.07, 6.45) is 1.41. The van der Waals surface area contributed by atoms with Crippen LogP contribution >= 0.6 is 0 Å². The number of amides is 1. The van der Waals surface area contributed by atoms with E-state index in [9.17, 15) is 22.4 Å². The van der Waals surface area contributed by atoms with Crippen LogP contribution in [0.15, 0.2) is 41.8 Å². The molecule has 0 N–H and O–H groups in total. The van der Waals surface area contributed by atoms with Gasteiger partial charge in [0.25, 0.3) is 5.91 Å². The summed E-state index contributed by atoms with van der Waals surface area (Å²) in [5, 5.41) is 0. The van der Waals surface area contributed by atoms with Crippen LogP contribution in [-0.4, -0.2) is 71.8 Å². The van der Waals surface area contributed by atoms with Gasteiger partial charge in [-0.2, -0.15) is 4.31 Å². The lowest BCUT2D eigenvalue weighted by molar-refractivity contribution is 0.0529. The second-order valence-corrected chi connectivity index (χ2v) is 9.53. The molecule has 2 heterocycles. The Kier molecular flexibility index (Phi) is 7.23. The van der Waals surface area contributed by atoms with Gasteiger partial charge in [-0.15, -0.1) is 0 Å². The Morgan fingerprint density at radius 3 is 2.48 bits per heavy atom. The van der Waals surface area contributed by atoms with Crippen LogP contribution < -0.4 is 0 Å². The topological polar surface area (TPSA) is 110 Å². The normalized spacial score (nSPS) is 17.0. The summed E-state index contributed by atoms with van der Waals surface area (Å²) in [6, 6.07) is 4.04. The van der Waals surface area contributed by atoms with Gasteiger partial charge in [-0.25, -0.2) is 27.6 Å². The van der Waals surface area contributed by atoms with Gasteiger partial charge in [-0.1, -0.05) is 12.7 Å². The lowest BCUT2D eigenvalue weighted by Gasteiger charge is -2.38. The fourth-order valence-corrected chi connectivity index (χ4v) is 5.31. The minimum Gasteiger partial charge on any atom is -0.458 e. The minimum atomic E-state index is -3.87. The number of piperazine rings is 1. The molecule has 1 aliphatic heterocycles. The molecule has 1 unspecified atom stereocenters. The number of rotatable bonds is 6. The molecule has 0 bridgehead atoms. The van der Waals surface area contributed by atoms with E-state index in [0.29, 0.717) is 11.5 Å². The molecule has 0 saturated carbocycles. The number of hydrogen-bond donors (Lipinski definition) is 0. The van der Waals surface area contributed by atoms with Crippen LogP contribution in [0, 0.1) is 19.7 Å². The van der Waals surface area contributed by atoms with Gasteiger partial charge in [-0.05, 0) is 45.0 Å². The van der Waals surface area contributed by atoms with Gasteiger partial charge < -0.3 is 9.64 Å². The van der Waals surface area contributed by atoms with Gasteiger partial charge >= 0.3 is 5.97 Å². The number of aryl methyl sites for hydroxylation is 2. The van der Waals surface area contributed by atoms with Gasteiger partial charge in [0, 0.05) is 25.7 Å². The molecule has 2 aromatic rings. The average molecular weight is 477 g/mol. The predicted octanol–water partition coefficient (Wildman–Crippen LogP) is 2.11. The highest BCUT2D eigenvalue weighted by molar-refractivity contribution is 7.89. The zero-order valence-electron chi connectivity index (χ0n) is 18.6. The van der Waals surface area contributed by atoms with Crippen molar-refractivity contribution < 1.29 is 27.1 Å². The zero-order valence-corrected chi connectivity index (χ0v) is 19.4. The molecule has 1 amide bonds. The van der Waals surface area contributed by atoms with E-state index in [1.807, 2.05) is 0 Å². The van der Waals surface area contributed by atoms with Crippen LogP contribution in [0.2, 0.25) is 0 Å². The van der Waals surface area contributed by atoms with Crippen molar-refractivity contribution in [2.75, 3.05) is 26.2 Å². The largest absolute Gasteiger partial charge is 0.458 e. The first-order valence-corrected chi connectivity index (χ1v) is 11.7. The van der Waals surface area contributed by atoms with Crippen LogP contribution in [0.25, 0.3) is 0 Å². The Hall–Kier alpha value is -3.18. The summed E-state index contributed by atoms with van der Waals surface area (Å²) in [4.78, 5) is 35.6. The fourth-order valence-electron chi connectivity index (χ4n) is 3.69. The lowest BCUT2D eigenvalue weighted by Crippen LogP contribution is -2.55. The van der Waals surface area contributed by atoms with Crippen molar-refractivity contribution >= 4 is 21.9 Å². The average Bonchev–Trinajstić information content (AvgIpc) is 2.76. The Bertz CT molecular complexity index is 1180. The Labute approximate surface area is 191 Å². The third-order valence-electron chi connectivity index (χ3n) is 5.21. The Morgan fingerprint density at radius 1 is 1.21 bits per heavy atom. The summed E-state index contributed by atoms with van der Waals surface area (Å²) in [6.45, 7) is 8.55. The summed E-state index contributed by atoms with van der Waals surface area (Å²) >= 11 is 0. The summed E-state index contributed by atoms with van der Waals surface area (Å²) in [5.74, 6) is -1.46. The number of hydrogen-bond acceptors (Lipinski definition) is 7. The quantitative estimate of drug-likeness (QED) is 0.464. The van der Waals surface area contributed by atoms with E-state index in [4.69, 9.17) is 4.74 Å². The number of benzene rings is 1. The van der Waals surface area contributed by atoms with Crippen LogP contribution in [0.3, 0.4) is 0 Å². The first-order chi connectivity index (χ1) is 15.6. The van der Waals surface area contributed by atoms with Crippen molar-refractivity contribution in [2.24, 2.45) is 0 Å². The first kappa shape index (κ1) is 24.5. The highest BCUT2D eigenvalue weighted by Gasteiger charge is 2.37. The van der Waals surface area contributed by atoms with Crippen LogP contribution in [0.5, 0.6) is 0 Å². The lowest BCUT2D eigenvalue weighted by atomic mass is 10.1. The van der Waals surface area contributed by atoms with Crippen molar-refractivity contribution in [3.8, 4) is 0 Å². The molecule has 0 aliphatic carbocycles. The van der Waals surface area contributed by atoms with Gasteiger partial charge in [-0.3, -0.25) is 4.79 Å². The minimum absolute atomic E-state index is 0.0233. The van der Waals surface area contributed by atoms with Crippen molar-refractivity contribution in [2.45, 2.75) is 31.7 Å². The molecule has 33 heavy (non-hydrogen) atoms. The highest BCUT2D eigenvalue weighted by Crippen LogP contribution is 2.23. The van der Waals surface area contributed by atoms with E-state index < -0.39 is 33.8 Å². The van der Waals surface area contributed by atoms with Gasteiger partial charge in [0.2, 0.25) is 10.0 Å². The third-order valence-corrected chi connectivity index (χ3v) is 7.24. The molecular weight excluding hydrogens is 451 g/mol. The highest BCUT2D eigenvalue weighted by atomic mass is 32.2. The molecule has 1 aromatic carbocycles. The summed E-state index contributed by atoms with van der Waals surface area (Å²) in [7, 11) is -3.87. The standard InChI is InChI=1S/C22H25FN4O5S/c1-5-12-32-22(29)19-15(3)24-16(4)25-20(19)21(28)26-10-11-27(14(2)13-26)33(30,31)18-8-6-17(23)7-9-18/h5-9,14H,1,10-13H2,2-4H3.